The monoisotopic (exact) mass is 381 g/mol. The number of carbonyl (C=O) groups excluding carboxylic acids is 1. The van der Waals surface area contributed by atoms with Crippen LogP contribution in [0.1, 0.15) is 31.2 Å². The van der Waals surface area contributed by atoms with Crippen LogP contribution >= 0.6 is 11.8 Å². The number of para-hydroxylation sites is 1. The van der Waals surface area contributed by atoms with E-state index in [2.05, 4.69) is 5.32 Å². The summed E-state index contributed by atoms with van der Waals surface area (Å²) in [6.45, 7) is 0. The third-order valence-corrected chi connectivity index (χ3v) is 5.70. The second-order valence-electron chi connectivity index (χ2n) is 6.78. The van der Waals surface area contributed by atoms with E-state index in [1.165, 1.54) is 23.9 Å². The number of amides is 1. The maximum Gasteiger partial charge on any atom is 0.234 e. The van der Waals surface area contributed by atoms with Gasteiger partial charge in [-0.25, -0.2) is 9.38 Å². The number of halogens is 1. The van der Waals surface area contributed by atoms with Crippen molar-refractivity contribution < 1.29 is 9.18 Å². The lowest BCUT2D eigenvalue weighted by molar-refractivity contribution is -0.113. The number of hydrogen-bond acceptors (Lipinski definition) is 4. The van der Waals surface area contributed by atoms with Crippen LogP contribution in [0.4, 0.5) is 10.1 Å². The summed E-state index contributed by atoms with van der Waals surface area (Å²) in [5.41, 5.74) is 1.77. The van der Waals surface area contributed by atoms with E-state index < -0.39 is 5.66 Å². The van der Waals surface area contributed by atoms with E-state index in [0.717, 1.165) is 36.4 Å². The Morgan fingerprint density at radius 3 is 2.59 bits per heavy atom. The van der Waals surface area contributed by atoms with Gasteiger partial charge in [0.05, 0.1) is 11.5 Å². The van der Waals surface area contributed by atoms with Crippen molar-refractivity contribution in [2.75, 3.05) is 11.1 Å². The lowest BCUT2D eigenvalue weighted by atomic mass is 10.1. The molecule has 2 aliphatic rings. The Hall–Kier alpha value is -2.47. The molecule has 1 spiro atoms. The molecule has 6 heteroatoms. The van der Waals surface area contributed by atoms with Gasteiger partial charge in [-0.3, -0.25) is 9.79 Å². The van der Waals surface area contributed by atoms with Crippen molar-refractivity contribution in [1.82, 2.24) is 0 Å². The molecule has 1 saturated carbocycles. The summed E-state index contributed by atoms with van der Waals surface area (Å²) in [5, 5.41) is 3.60. The van der Waals surface area contributed by atoms with E-state index in [1.807, 2.05) is 36.4 Å². The van der Waals surface area contributed by atoms with Crippen LogP contribution in [0, 0.1) is 5.82 Å². The molecular weight excluding hydrogens is 361 g/mol. The van der Waals surface area contributed by atoms with Crippen molar-refractivity contribution in [2.45, 2.75) is 31.3 Å². The Kier molecular flexibility index (Phi) is 5.07. The lowest BCUT2D eigenvalue weighted by Crippen LogP contribution is -2.17. The first-order valence-corrected chi connectivity index (χ1v) is 10.1. The molecule has 138 valence electrons. The van der Waals surface area contributed by atoms with Gasteiger partial charge in [-0.05, 0) is 49.9 Å². The summed E-state index contributed by atoms with van der Waals surface area (Å²) in [5.74, 6) is -0.161. The summed E-state index contributed by atoms with van der Waals surface area (Å²) in [4.78, 5) is 22.0. The summed E-state index contributed by atoms with van der Waals surface area (Å²) < 4.78 is 13.7. The first kappa shape index (κ1) is 17.9. The zero-order valence-corrected chi connectivity index (χ0v) is 15.6. The topological polar surface area (TPSA) is 53.8 Å². The standard InChI is InChI=1S/C21H20FN3OS/c22-16-8-6-7-15(13-16)19-20(25-21(24-19)11-4-5-12-21)27-14-18(26)23-17-9-2-1-3-10-17/h1-3,6-10,13H,4-5,11-12,14H2,(H,23,26). The molecule has 4 rings (SSSR count). The number of nitrogens with one attached hydrogen (secondary N) is 1. The molecule has 1 amide bonds. The van der Waals surface area contributed by atoms with Gasteiger partial charge < -0.3 is 5.32 Å². The van der Waals surface area contributed by atoms with Crippen LogP contribution in [-0.2, 0) is 4.79 Å². The van der Waals surface area contributed by atoms with Crippen LogP contribution in [0.5, 0.6) is 0 Å². The molecule has 0 aromatic heterocycles. The highest BCUT2D eigenvalue weighted by Crippen LogP contribution is 2.40. The normalized spacial score (nSPS) is 17.7. The summed E-state index contributed by atoms with van der Waals surface area (Å²) in [6, 6.07) is 15.8. The van der Waals surface area contributed by atoms with Gasteiger partial charge in [-0.1, -0.05) is 42.1 Å². The molecule has 1 aliphatic carbocycles. The van der Waals surface area contributed by atoms with Crippen molar-refractivity contribution in [1.29, 1.82) is 0 Å². The van der Waals surface area contributed by atoms with Gasteiger partial charge in [-0.15, -0.1) is 0 Å². The minimum Gasteiger partial charge on any atom is -0.325 e. The summed E-state index contributed by atoms with van der Waals surface area (Å²) >= 11 is 1.37. The lowest BCUT2D eigenvalue weighted by Gasteiger charge is -2.14. The average molecular weight is 381 g/mol. The molecule has 0 bridgehead atoms. The number of anilines is 1. The second-order valence-corrected chi connectivity index (χ2v) is 7.74. The van der Waals surface area contributed by atoms with Crippen LogP contribution in [0.15, 0.2) is 64.6 Å². The Morgan fingerprint density at radius 1 is 1.07 bits per heavy atom. The molecule has 1 fully saturated rings. The molecule has 0 atom stereocenters. The van der Waals surface area contributed by atoms with Gasteiger partial charge in [0.1, 0.15) is 10.9 Å². The Bertz CT molecular complexity index is 905. The van der Waals surface area contributed by atoms with Crippen LogP contribution in [0.25, 0.3) is 0 Å². The van der Waals surface area contributed by atoms with Crippen molar-refractivity contribution in [2.24, 2.45) is 9.98 Å². The smallest absolute Gasteiger partial charge is 0.234 e. The fourth-order valence-corrected chi connectivity index (χ4v) is 4.34. The first-order valence-electron chi connectivity index (χ1n) is 9.07. The van der Waals surface area contributed by atoms with E-state index in [1.54, 1.807) is 6.07 Å². The van der Waals surface area contributed by atoms with Crippen molar-refractivity contribution in [3.05, 3.63) is 66.0 Å². The predicted molar refractivity (Wildman–Crippen MR) is 109 cm³/mol. The minimum absolute atomic E-state index is 0.0973. The van der Waals surface area contributed by atoms with Gasteiger partial charge in [-0.2, -0.15) is 0 Å². The zero-order chi connectivity index (χ0) is 18.7. The van der Waals surface area contributed by atoms with E-state index in [-0.39, 0.29) is 17.5 Å². The van der Waals surface area contributed by atoms with Crippen molar-refractivity contribution >= 4 is 34.1 Å². The highest BCUT2D eigenvalue weighted by atomic mass is 32.2. The van der Waals surface area contributed by atoms with E-state index in [4.69, 9.17) is 9.98 Å². The van der Waals surface area contributed by atoms with Gasteiger partial charge >= 0.3 is 0 Å². The van der Waals surface area contributed by atoms with Crippen molar-refractivity contribution in [3.8, 4) is 0 Å². The molecule has 4 nitrogen and oxygen atoms in total. The number of carbonyl (C=O) groups is 1. The Balaban J connectivity index is 1.51. The molecule has 0 radical (unpaired) electrons. The number of thioether (sulfide) groups is 1. The van der Waals surface area contributed by atoms with Crippen LogP contribution in [0.3, 0.4) is 0 Å². The summed E-state index contributed by atoms with van der Waals surface area (Å²) in [7, 11) is 0. The van der Waals surface area contributed by atoms with Gasteiger partial charge in [0.15, 0.2) is 5.66 Å². The van der Waals surface area contributed by atoms with Crippen molar-refractivity contribution in [3.63, 3.8) is 0 Å². The molecule has 2 aromatic rings. The Morgan fingerprint density at radius 2 is 1.85 bits per heavy atom. The number of benzene rings is 2. The van der Waals surface area contributed by atoms with Crippen LogP contribution in [0.2, 0.25) is 0 Å². The molecule has 27 heavy (non-hydrogen) atoms. The molecule has 0 saturated heterocycles. The van der Waals surface area contributed by atoms with Gasteiger partial charge in [0.25, 0.3) is 0 Å². The molecular formula is C21H20FN3OS. The molecule has 1 N–H and O–H groups in total. The average Bonchev–Trinajstić information content (AvgIpc) is 3.28. The molecule has 1 heterocycles. The second kappa shape index (κ2) is 7.64. The maximum atomic E-state index is 13.7. The highest BCUT2D eigenvalue weighted by molar-refractivity contribution is 8.16. The van der Waals surface area contributed by atoms with E-state index >= 15 is 0 Å². The molecule has 0 unspecified atom stereocenters. The number of nitrogens with zero attached hydrogens (tertiary/aromatic N) is 2. The largest absolute Gasteiger partial charge is 0.325 e. The number of hydrogen-bond donors (Lipinski definition) is 1. The van der Waals surface area contributed by atoms with Gasteiger partial charge in [0.2, 0.25) is 5.91 Å². The minimum atomic E-state index is -0.417. The SMILES string of the molecule is O=C(CSC1=NC2(CCCC2)N=C1c1cccc(F)c1)Nc1ccccc1. The number of rotatable bonds is 4. The fourth-order valence-electron chi connectivity index (χ4n) is 3.46. The molecule has 2 aromatic carbocycles. The van der Waals surface area contributed by atoms with Crippen LogP contribution < -0.4 is 5.32 Å². The predicted octanol–water partition coefficient (Wildman–Crippen LogP) is 4.67. The van der Waals surface area contributed by atoms with Gasteiger partial charge in [0, 0.05) is 11.3 Å². The molecule has 1 aliphatic heterocycles. The Labute approximate surface area is 162 Å². The zero-order valence-electron chi connectivity index (χ0n) is 14.8. The van der Waals surface area contributed by atoms with E-state index in [9.17, 15) is 9.18 Å². The number of aliphatic imine (C=N–C) groups is 2. The van der Waals surface area contributed by atoms with E-state index in [0.29, 0.717) is 11.3 Å². The van der Waals surface area contributed by atoms with Crippen LogP contribution in [-0.4, -0.2) is 28.1 Å². The quantitative estimate of drug-likeness (QED) is 0.837. The third-order valence-electron chi connectivity index (χ3n) is 4.73. The third kappa shape index (κ3) is 4.11. The highest BCUT2D eigenvalue weighted by Gasteiger charge is 2.39. The summed E-state index contributed by atoms with van der Waals surface area (Å²) in [6.07, 6.45) is 4.00. The fraction of sp³-hybridized carbons (Fsp3) is 0.286. The first-order chi connectivity index (χ1) is 13.1. The maximum absolute atomic E-state index is 13.7.